The number of nitro benzene ring substituents is 1. The van der Waals surface area contributed by atoms with Gasteiger partial charge in [0, 0.05) is 29.6 Å². The van der Waals surface area contributed by atoms with E-state index in [4.69, 9.17) is 5.11 Å². The minimum Gasteiger partial charge on any atom is -0.481 e. The highest BCUT2D eigenvalue weighted by atomic mass is 32.1. The zero-order valence-corrected chi connectivity index (χ0v) is 14.3. The van der Waals surface area contributed by atoms with Crippen LogP contribution in [0.2, 0.25) is 0 Å². The molecular formula is C16H17N3O5S. The van der Waals surface area contributed by atoms with Gasteiger partial charge in [0.25, 0.3) is 11.6 Å². The van der Waals surface area contributed by atoms with E-state index in [9.17, 15) is 19.7 Å². The summed E-state index contributed by atoms with van der Waals surface area (Å²) in [5, 5.41) is 24.5. The van der Waals surface area contributed by atoms with Crippen LogP contribution in [0.5, 0.6) is 0 Å². The zero-order chi connectivity index (χ0) is 18.4. The van der Waals surface area contributed by atoms with Gasteiger partial charge in [-0.05, 0) is 6.42 Å². The molecule has 1 atom stereocenters. The molecule has 1 aromatic carbocycles. The average molecular weight is 363 g/mol. The molecule has 2 aromatic rings. The molecule has 9 heteroatoms. The molecule has 0 fully saturated rings. The van der Waals surface area contributed by atoms with Gasteiger partial charge in [0.15, 0.2) is 0 Å². The van der Waals surface area contributed by atoms with E-state index in [0.29, 0.717) is 23.4 Å². The largest absolute Gasteiger partial charge is 0.481 e. The van der Waals surface area contributed by atoms with Gasteiger partial charge in [-0.1, -0.05) is 25.5 Å². The van der Waals surface area contributed by atoms with Crippen molar-refractivity contribution in [2.45, 2.75) is 19.8 Å². The summed E-state index contributed by atoms with van der Waals surface area (Å²) in [5.74, 6) is -2.04. The van der Waals surface area contributed by atoms with E-state index >= 15 is 0 Å². The highest BCUT2D eigenvalue weighted by Gasteiger charge is 2.19. The summed E-state index contributed by atoms with van der Waals surface area (Å²) in [4.78, 5) is 37.7. The number of nitrogens with one attached hydrogen (secondary N) is 1. The first kappa shape index (κ1) is 18.5. The number of nitro groups is 1. The van der Waals surface area contributed by atoms with Gasteiger partial charge in [0.05, 0.1) is 10.8 Å². The Labute approximate surface area is 147 Å². The number of nitrogens with zero attached hydrogens (tertiary/aromatic N) is 2. The van der Waals surface area contributed by atoms with Crippen LogP contribution in [-0.4, -0.2) is 33.4 Å². The Morgan fingerprint density at radius 1 is 1.44 bits per heavy atom. The second kappa shape index (κ2) is 8.34. The van der Waals surface area contributed by atoms with Crippen molar-refractivity contribution in [1.82, 2.24) is 10.3 Å². The van der Waals surface area contributed by atoms with Crippen LogP contribution in [0.4, 0.5) is 5.69 Å². The maximum atomic E-state index is 12.1. The standard InChI is InChI=1S/C16H17N3O5S/c1-2-4-11(16(21)22)8-17-14(20)13-9-25-15(18-13)10-5-3-6-12(7-10)19(23)24/h3,5-7,9,11H,2,4,8H2,1H3,(H,17,20)(H,21,22). The van der Waals surface area contributed by atoms with Gasteiger partial charge in [0.2, 0.25) is 0 Å². The van der Waals surface area contributed by atoms with Crippen LogP contribution in [0.15, 0.2) is 29.6 Å². The molecule has 0 radical (unpaired) electrons. The smallest absolute Gasteiger partial charge is 0.308 e. The van der Waals surface area contributed by atoms with Gasteiger partial charge in [-0.25, -0.2) is 4.98 Å². The fourth-order valence-electron chi connectivity index (χ4n) is 2.23. The fraction of sp³-hybridized carbons (Fsp3) is 0.312. The third-order valence-electron chi connectivity index (χ3n) is 3.54. The first-order valence-corrected chi connectivity index (χ1v) is 8.51. The molecule has 1 amide bonds. The molecule has 2 rings (SSSR count). The number of aliphatic carboxylic acids is 1. The van der Waals surface area contributed by atoms with Gasteiger partial charge >= 0.3 is 5.97 Å². The van der Waals surface area contributed by atoms with Crippen molar-refractivity contribution in [2.24, 2.45) is 5.92 Å². The second-order valence-electron chi connectivity index (χ2n) is 5.38. The summed E-state index contributed by atoms with van der Waals surface area (Å²) in [6.45, 7) is 1.91. The number of non-ortho nitro benzene ring substituents is 1. The molecule has 0 aliphatic rings. The van der Waals surface area contributed by atoms with Gasteiger partial charge in [0.1, 0.15) is 10.7 Å². The van der Waals surface area contributed by atoms with Crippen LogP contribution in [0, 0.1) is 16.0 Å². The number of carboxylic acid groups (broad SMARTS) is 1. The summed E-state index contributed by atoms with van der Waals surface area (Å²) in [5.41, 5.74) is 0.655. The third-order valence-corrected chi connectivity index (χ3v) is 4.43. The summed E-state index contributed by atoms with van der Waals surface area (Å²) in [6, 6.07) is 6.00. The fourth-order valence-corrected chi connectivity index (χ4v) is 3.03. The number of hydrogen-bond donors (Lipinski definition) is 2. The van der Waals surface area contributed by atoms with Crippen LogP contribution in [0.3, 0.4) is 0 Å². The molecule has 25 heavy (non-hydrogen) atoms. The number of rotatable bonds is 8. The van der Waals surface area contributed by atoms with Crippen LogP contribution >= 0.6 is 11.3 Å². The summed E-state index contributed by atoms with van der Waals surface area (Å²) < 4.78 is 0. The topological polar surface area (TPSA) is 122 Å². The van der Waals surface area contributed by atoms with Gasteiger partial charge in [-0.3, -0.25) is 19.7 Å². The lowest BCUT2D eigenvalue weighted by molar-refractivity contribution is -0.384. The first-order valence-electron chi connectivity index (χ1n) is 7.63. The molecule has 1 heterocycles. The SMILES string of the molecule is CCCC(CNC(=O)c1csc(-c2cccc([N+](=O)[O-])c2)n1)C(=O)O. The molecule has 1 unspecified atom stereocenters. The van der Waals surface area contributed by atoms with Crippen molar-refractivity contribution >= 4 is 28.9 Å². The van der Waals surface area contributed by atoms with Crippen molar-refractivity contribution < 1.29 is 19.6 Å². The Morgan fingerprint density at radius 3 is 2.84 bits per heavy atom. The molecule has 132 valence electrons. The van der Waals surface area contributed by atoms with Crippen LogP contribution in [-0.2, 0) is 4.79 Å². The Balaban J connectivity index is 2.07. The Morgan fingerprint density at radius 2 is 2.20 bits per heavy atom. The monoisotopic (exact) mass is 363 g/mol. The average Bonchev–Trinajstić information content (AvgIpc) is 3.08. The van der Waals surface area contributed by atoms with Crippen molar-refractivity contribution in [1.29, 1.82) is 0 Å². The highest BCUT2D eigenvalue weighted by Crippen LogP contribution is 2.26. The number of aromatic nitrogens is 1. The number of hydrogen-bond acceptors (Lipinski definition) is 6. The van der Waals surface area contributed by atoms with Gasteiger partial charge in [-0.15, -0.1) is 11.3 Å². The number of benzene rings is 1. The maximum absolute atomic E-state index is 12.1. The van der Waals surface area contributed by atoms with Crippen molar-refractivity contribution in [2.75, 3.05) is 6.54 Å². The maximum Gasteiger partial charge on any atom is 0.308 e. The lowest BCUT2D eigenvalue weighted by Gasteiger charge is -2.11. The van der Waals surface area contributed by atoms with E-state index in [1.54, 1.807) is 17.5 Å². The predicted octanol–water partition coefficient (Wildman–Crippen LogP) is 2.95. The number of carbonyl (C=O) groups is 2. The van der Waals surface area contributed by atoms with E-state index in [2.05, 4.69) is 10.3 Å². The number of carboxylic acids is 1. The van der Waals surface area contributed by atoms with Crippen molar-refractivity contribution in [3.05, 3.63) is 45.5 Å². The van der Waals surface area contributed by atoms with E-state index < -0.39 is 22.7 Å². The molecule has 2 N–H and O–H groups in total. The Bertz CT molecular complexity index is 790. The second-order valence-corrected chi connectivity index (χ2v) is 6.24. The van der Waals surface area contributed by atoms with E-state index in [-0.39, 0.29) is 17.9 Å². The Hall–Kier alpha value is -2.81. The number of carbonyl (C=O) groups excluding carboxylic acids is 1. The van der Waals surface area contributed by atoms with E-state index in [0.717, 1.165) is 0 Å². The van der Waals surface area contributed by atoms with E-state index in [1.165, 1.54) is 23.5 Å². The Kier molecular flexibility index (Phi) is 6.18. The van der Waals surface area contributed by atoms with Crippen LogP contribution in [0.25, 0.3) is 10.6 Å². The third kappa shape index (κ3) is 4.83. The van der Waals surface area contributed by atoms with Crippen LogP contribution < -0.4 is 5.32 Å². The summed E-state index contributed by atoms with van der Waals surface area (Å²) in [7, 11) is 0. The van der Waals surface area contributed by atoms with Gasteiger partial charge in [-0.2, -0.15) is 0 Å². The van der Waals surface area contributed by atoms with Crippen molar-refractivity contribution in [3.8, 4) is 10.6 Å². The van der Waals surface area contributed by atoms with E-state index in [1.807, 2.05) is 6.92 Å². The summed E-state index contributed by atoms with van der Waals surface area (Å²) >= 11 is 1.19. The minimum absolute atomic E-state index is 0.0334. The number of thiazole rings is 1. The van der Waals surface area contributed by atoms with Gasteiger partial charge < -0.3 is 10.4 Å². The molecule has 0 bridgehead atoms. The minimum atomic E-state index is -0.947. The molecule has 0 aliphatic carbocycles. The molecule has 8 nitrogen and oxygen atoms in total. The lowest BCUT2D eigenvalue weighted by Crippen LogP contribution is -2.33. The number of amides is 1. The van der Waals surface area contributed by atoms with Crippen molar-refractivity contribution in [3.63, 3.8) is 0 Å². The zero-order valence-electron chi connectivity index (χ0n) is 13.5. The molecule has 0 spiro atoms. The normalized spacial score (nSPS) is 11.7. The molecule has 0 saturated carbocycles. The van der Waals surface area contributed by atoms with Crippen LogP contribution in [0.1, 0.15) is 30.3 Å². The lowest BCUT2D eigenvalue weighted by atomic mass is 10.0. The highest BCUT2D eigenvalue weighted by molar-refractivity contribution is 7.13. The molecule has 1 aromatic heterocycles. The molecular weight excluding hydrogens is 346 g/mol. The predicted molar refractivity (Wildman–Crippen MR) is 92.6 cm³/mol. The first-order chi connectivity index (χ1) is 11.9. The molecule has 0 saturated heterocycles. The summed E-state index contributed by atoms with van der Waals surface area (Å²) in [6.07, 6.45) is 1.19. The molecule has 0 aliphatic heterocycles. The quantitative estimate of drug-likeness (QED) is 0.549.